The lowest BCUT2D eigenvalue weighted by Crippen LogP contribution is -2.30. The molecule has 0 aromatic heterocycles. The fourth-order valence-corrected chi connectivity index (χ4v) is 3.57. The molecule has 4 aromatic rings. The highest BCUT2D eigenvalue weighted by Gasteiger charge is 2.19. The number of carbonyl (C=O) groups is 2. The van der Waals surface area contributed by atoms with Gasteiger partial charge in [-0.15, -0.1) is 0 Å². The van der Waals surface area contributed by atoms with Gasteiger partial charge in [-0.2, -0.15) is 0 Å². The van der Waals surface area contributed by atoms with Crippen molar-refractivity contribution in [2.45, 2.75) is 13.0 Å². The van der Waals surface area contributed by atoms with Crippen LogP contribution in [0.25, 0.3) is 0 Å². The molecule has 1 N–H and O–H groups in total. The van der Waals surface area contributed by atoms with Crippen molar-refractivity contribution in [2.75, 3.05) is 10.2 Å². The van der Waals surface area contributed by atoms with E-state index in [0.717, 1.165) is 11.1 Å². The van der Waals surface area contributed by atoms with Gasteiger partial charge in [0, 0.05) is 16.9 Å². The first kappa shape index (κ1) is 22.9. The first-order valence-corrected chi connectivity index (χ1v) is 10.7. The van der Waals surface area contributed by atoms with Crippen molar-refractivity contribution >= 4 is 23.2 Å². The molecular weight excluding hydrogens is 434 g/mol. The maximum atomic E-state index is 13.7. The first-order chi connectivity index (χ1) is 16.5. The number of hydrogen-bond acceptors (Lipinski definition) is 2. The minimum absolute atomic E-state index is 0.0906. The van der Waals surface area contributed by atoms with Gasteiger partial charge in [0.2, 0.25) is 5.91 Å². The number of halogens is 2. The molecule has 0 radical (unpaired) electrons. The van der Waals surface area contributed by atoms with Crippen LogP contribution in [0.3, 0.4) is 0 Å². The van der Waals surface area contributed by atoms with E-state index in [1.807, 2.05) is 30.3 Å². The number of nitrogens with zero attached hydrogens (tertiary/aromatic N) is 1. The molecule has 0 fully saturated rings. The second kappa shape index (κ2) is 10.5. The van der Waals surface area contributed by atoms with E-state index in [1.54, 1.807) is 41.3 Å². The largest absolute Gasteiger partial charge is 0.326 e. The second-order valence-corrected chi connectivity index (χ2v) is 7.79. The fraction of sp³-hybridized carbons (Fsp3) is 0.0714. The van der Waals surface area contributed by atoms with Crippen LogP contribution < -0.4 is 10.2 Å². The van der Waals surface area contributed by atoms with E-state index in [-0.39, 0.29) is 23.8 Å². The van der Waals surface area contributed by atoms with Crippen molar-refractivity contribution in [1.82, 2.24) is 0 Å². The molecule has 0 atom stereocenters. The molecule has 4 rings (SSSR count). The van der Waals surface area contributed by atoms with Gasteiger partial charge in [-0.3, -0.25) is 9.59 Å². The van der Waals surface area contributed by atoms with Crippen LogP contribution in [0, 0.1) is 11.6 Å². The molecule has 4 aromatic carbocycles. The van der Waals surface area contributed by atoms with Crippen LogP contribution >= 0.6 is 0 Å². The van der Waals surface area contributed by atoms with Gasteiger partial charge >= 0.3 is 0 Å². The Bertz CT molecular complexity index is 1290. The molecule has 0 aliphatic heterocycles. The predicted molar refractivity (Wildman–Crippen MR) is 129 cm³/mol. The Morgan fingerprint density at radius 1 is 0.706 bits per heavy atom. The van der Waals surface area contributed by atoms with Crippen molar-refractivity contribution in [3.05, 3.63) is 131 Å². The maximum Gasteiger partial charge on any atom is 0.258 e. The molecule has 34 heavy (non-hydrogen) atoms. The normalized spacial score (nSPS) is 10.5. The quantitative estimate of drug-likeness (QED) is 0.371. The van der Waals surface area contributed by atoms with E-state index >= 15 is 0 Å². The Hall–Kier alpha value is -4.32. The molecular formula is C28H22F2N2O2. The van der Waals surface area contributed by atoms with Crippen LogP contribution in [0.15, 0.2) is 103 Å². The lowest BCUT2D eigenvalue weighted by molar-refractivity contribution is -0.115. The minimum atomic E-state index is -0.481. The summed E-state index contributed by atoms with van der Waals surface area (Å²) >= 11 is 0. The van der Waals surface area contributed by atoms with Crippen LogP contribution in [0.2, 0.25) is 0 Å². The van der Waals surface area contributed by atoms with Gasteiger partial charge in [0.25, 0.3) is 5.91 Å². The van der Waals surface area contributed by atoms with Gasteiger partial charge in [-0.05, 0) is 59.7 Å². The van der Waals surface area contributed by atoms with Gasteiger partial charge in [0.05, 0.1) is 13.0 Å². The average Bonchev–Trinajstić information content (AvgIpc) is 2.83. The van der Waals surface area contributed by atoms with E-state index in [1.165, 1.54) is 36.4 Å². The highest BCUT2D eigenvalue weighted by molar-refractivity contribution is 6.06. The number of rotatable bonds is 7. The smallest absolute Gasteiger partial charge is 0.258 e. The van der Waals surface area contributed by atoms with Crippen LogP contribution in [0.4, 0.5) is 20.2 Å². The zero-order valence-corrected chi connectivity index (χ0v) is 18.2. The Kier molecular flexibility index (Phi) is 7.08. The van der Waals surface area contributed by atoms with E-state index in [2.05, 4.69) is 5.32 Å². The second-order valence-electron chi connectivity index (χ2n) is 7.79. The molecule has 4 nitrogen and oxygen atoms in total. The standard InChI is InChI=1S/C28H22F2N2O2/c29-23-9-4-8-22(17-23)28(34)32(19-21-6-2-1-3-7-21)26-14-12-20(13-15-26)16-27(33)31-25-11-5-10-24(30)18-25/h1-15,17-18H,16,19H2,(H,31,33). The summed E-state index contributed by atoms with van der Waals surface area (Å²) in [6, 6.07) is 27.8. The summed E-state index contributed by atoms with van der Waals surface area (Å²) in [5.74, 6) is -1.52. The summed E-state index contributed by atoms with van der Waals surface area (Å²) in [6.45, 7) is 0.301. The van der Waals surface area contributed by atoms with Gasteiger partial charge < -0.3 is 10.2 Å². The third-order valence-electron chi connectivity index (χ3n) is 5.22. The predicted octanol–water partition coefficient (Wildman–Crippen LogP) is 5.99. The fourth-order valence-electron chi connectivity index (χ4n) is 3.57. The van der Waals surface area contributed by atoms with E-state index in [4.69, 9.17) is 0 Å². The molecule has 0 unspecified atom stereocenters. The first-order valence-electron chi connectivity index (χ1n) is 10.7. The van der Waals surface area contributed by atoms with Crippen LogP contribution in [-0.4, -0.2) is 11.8 Å². The van der Waals surface area contributed by atoms with Gasteiger partial charge in [0.15, 0.2) is 0 Å². The van der Waals surface area contributed by atoms with Gasteiger partial charge in [-0.25, -0.2) is 8.78 Å². The van der Waals surface area contributed by atoms with Crippen molar-refractivity contribution in [2.24, 2.45) is 0 Å². The van der Waals surface area contributed by atoms with Crippen LogP contribution in [0.1, 0.15) is 21.5 Å². The molecule has 0 aliphatic carbocycles. The van der Waals surface area contributed by atoms with Gasteiger partial charge in [-0.1, -0.05) is 54.6 Å². The number of hydrogen-bond donors (Lipinski definition) is 1. The number of benzene rings is 4. The topological polar surface area (TPSA) is 49.4 Å². The monoisotopic (exact) mass is 456 g/mol. The Labute approximate surface area is 196 Å². The summed E-state index contributed by atoms with van der Waals surface area (Å²) in [7, 11) is 0. The number of nitrogens with one attached hydrogen (secondary N) is 1. The highest BCUT2D eigenvalue weighted by Crippen LogP contribution is 2.22. The molecule has 170 valence electrons. The molecule has 0 spiro atoms. The summed E-state index contributed by atoms with van der Waals surface area (Å²) in [4.78, 5) is 27.2. The van der Waals surface area contributed by atoms with E-state index < -0.39 is 11.6 Å². The molecule has 0 heterocycles. The van der Waals surface area contributed by atoms with Crippen LogP contribution in [0.5, 0.6) is 0 Å². The van der Waals surface area contributed by atoms with Crippen molar-refractivity contribution in [3.63, 3.8) is 0 Å². The Morgan fingerprint density at radius 2 is 1.38 bits per heavy atom. The SMILES string of the molecule is O=C(Cc1ccc(N(Cc2ccccc2)C(=O)c2cccc(F)c2)cc1)Nc1cccc(F)c1. The van der Waals surface area contributed by atoms with Crippen LogP contribution in [-0.2, 0) is 17.8 Å². The molecule has 0 saturated carbocycles. The molecule has 0 saturated heterocycles. The van der Waals surface area contributed by atoms with Crippen molar-refractivity contribution in [3.8, 4) is 0 Å². The number of carbonyl (C=O) groups excluding carboxylic acids is 2. The minimum Gasteiger partial charge on any atom is -0.326 e. The van der Waals surface area contributed by atoms with Gasteiger partial charge in [0.1, 0.15) is 11.6 Å². The van der Waals surface area contributed by atoms with Crippen molar-refractivity contribution in [1.29, 1.82) is 0 Å². The zero-order valence-electron chi connectivity index (χ0n) is 18.2. The summed E-state index contributed by atoms with van der Waals surface area (Å²) < 4.78 is 27.1. The molecule has 0 bridgehead atoms. The summed E-state index contributed by atoms with van der Waals surface area (Å²) in [5, 5.41) is 2.67. The Morgan fingerprint density at radius 3 is 2.06 bits per heavy atom. The van der Waals surface area contributed by atoms with Crippen molar-refractivity contribution < 1.29 is 18.4 Å². The van der Waals surface area contributed by atoms with E-state index in [0.29, 0.717) is 17.9 Å². The average molecular weight is 456 g/mol. The number of amides is 2. The molecule has 2 amide bonds. The maximum absolute atomic E-state index is 13.7. The third-order valence-corrected chi connectivity index (χ3v) is 5.22. The summed E-state index contributed by atoms with van der Waals surface area (Å²) in [5.41, 5.74) is 2.90. The lowest BCUT2D eigenvalue weighted by atomic mass is 10.1. The lowest BCUT2D eigenvalue weighted by Gasteiger charge is -2.23. The number of anilines is 2. The molecule has 6 heteroatoms. The zero-order chi connectivity index (χ0) is 23.9. The third kappa shape index (κ3) is 5.92. The molecule has 0 aliphatic rings. The summed E-state index contributed by atoms with van der Waals surface area (Å²) in [6.07, 6.45) is 0.0906. The highest BCUT2D eigenvalue weighted by atomic mass is 19.1. The van der Waals surface area contributed by atoms with E-state index in [9.17, 15) is 18.4 Å². The Balaban J connectivity index is 1.53.